The molecule has 0 amide bonds. The fourth-order valence-electron chi connectivity index (χ4n) is 4.09. The predicted molar refractivity (Wildman–Crippen MR) is 120 cm³/mol. The van der Waals surface area contributed by atoms with Crippen LogP contribution in [0.2, 0.25) is 0 Å². The molecule has 1 saturated heterocycles. The van der Waals surface area contributed by atoms with Crippen molar-refractivity contribution in [3.05, 3.63) is 47.2 Å². The molecule has 34 heavy (non-hydrogen) atoms. The van der Waals surface area contributed by atoms with Crippen LogP contribution in [-0.2, 0) is 14.9 Å². The average Bonchev–Trinajstić information content (AvgIpc) is 2.79. The lowest BCUT2D eigenvalue weighted by atomic mass is 9.90. The van der Waals surface area contributed by atoms with Crippen molar-refractivity contribution in [2.75, 3.05) is 26.3 Å². The number of hydrogen-bond donors (Lipinski definition) is 0. The summed E-state index contributed by atoms with van der Waals surface area (Å²) in [5.41, 5.74) is -3.98. The van der Waals surface area contributed by atoms with Gasteiger partial charge >= 0.3 is 15.6 Å². The lowest BCUT2D eigenvalue weighted by molar-refractivity contribution is -0.0501. The molecule has 0 spiro atoms. The largest absolute Gasteiger partial charge is 0.534 e. The molecule has 184 valence electrons. The van der Waals surface area contributed by atoms with E-state index in [-0.39, 0.29) is 23.1 Å². The molecule has 2 aromatic rings. The van der Waals surface area contributed by atoms with Gasteiger partial charge in [0.05, 0.1) is 13.2 Å². The van der Waals surface area contributed by atoms with Crippen LogP contribution in [0.1, 0.15) is 43.0 Å². The van der Waals surface area contributed by atoms with Crippen LogP contribution in [0.25, 0.3) is 11.1 Å². The molecule has 2 heterocycles. The van der Waals surface area contributed by atoms with E-state index < -0.39 is 21.5 Å². The zero-order chi connectivity index (χ0) is 25.1. The number of pyridine rings is 1. The van der Waals surface area contributed by atoms with Gasteiger partial charge in [-0.2, -0.15) is 26.9 Å². The normalized spacial score (nSPS) is 17.1. The van der Waals surface area contributed by atoms with Crippen molar-refractivity contribution in [1.82, 2.24) is 9.88 Å². The van der Waals surface area contributed by atoms with Gasteiger partial charge in [0.1, 0.15) is 11.6 Å². The average molecular weight is 498 g/mol. The third-order valence-electron chi connectivity index (χ3n) is 5.93. The molecule has 0 saturated carbocycles. The van der Waals surface area contributed by atoms with E-state index in [9.17, 15) is 26.9 Å². The number of aryl methyl sites for hydroxylation is 1. The molecule has 0 N–H and O–H groups in total. The first kappa shape index (κ1) is 25.9. The Morgan fingerprint density at radius 1 is 1.24 bits per heavy atom. The number of halogens is 3. The van der Waals surface area contributed by atoms with Gasteiger partial charge < -0.3 is 8.92 Å². The van der Waals surface area contributed by atoms with Crippen LogP contribution in [0, 0.1) is 18.3 Å². The van der Waals surface area contributed by atoms with E-state index in [2.05, 4.69) is 14.1 Å². The topological polar surface area (TPSA) is 92.5 Å². The molecule has 0 bridgehead atoms. The molecule has 3 rings (SSSR count). The highest BCUT2D eigenvalue weighted by molar-refractivity contribution is 7.87. The highest BCUT2D eigenvalue weighted by atomic mass is 32.2. The number of morpholine rings is 1. The molecule has 1 fully saturated rings. The van der Waals surface area contributed by atoms with Crippen LogP contribution in [-0.4, -0.2) is 56.2 Å². The molecule has 7 nitrogen and oxygen atoms in total. The molecule has 1 aliphatic rings. The van der Waals surface area contributed by atoms with Gasteiger partial charge in [-0.05, 0) is 25.0 Å². The SMILES string of the molecule is CCC(C(C)c1cc(-c2ccc(C)cc2)c(C#N)c(OS(=O)(=O)C(F)(F)F)n1)N1CCOCC1. The van der Waals surface area contributed by atoms with Gasteiger partial charge in [0.25, 0.3) is 5.88 Å². The lowest BCUT2D eigenvalue weighted by Crippen LogP contribution is -2.45. The zero-order valence-electron chi connectivity index (χ0n) is 19.1. The van der Waals surface area contributed by atoms with Crippen LogP contribution in [0.5, 0.6) is 5.88 Å². The second-order valence-corrected chi connectivity index (χ2v) is 9.69. The maximum Gasteiger partial charge on any atom is 0.534 e. The number of aromatic nitrogens is 1. The summed E-state index contributed by atoms with van der Waals surface area (Å²) in [5.74, 6) is -1.17. The molecule has 11 heteroatoms. The Hall–Kier alpha value is -2.68. The Balaban J connectivity index is 2.16. The number of ether oxygens (including phenoxy) is 1. The summed E-state index contributed by atoms with van der Waals surface area (Å²) in [6, 6.07) is 10.4. The van der Waals surface area contributed by atoms with Gasteiger partial charge in [-0.1, -0.05) is 43.7 Å². The molecule has 1 aromatic heterocycles. The Bertz CT molecular complexity index is 1160. The summed E-state index contributed by atoms with van der Waals surface area (Å²) in [5, 5.41) is 9.74. The summed E-state index contributed by atoms with van der Waals surface area (Å²) < 4.78 is 72.6. The van der Waals surface area contributed by atoms with Crippen LogP contribution in [0.4, 0.5) is 13.2 Å². The van der Waals surface area contributed by atoms with Crippen molar-refractivity contribution in [2.45, 2.75) is 44.7 Å². The molecule has 0 aliphatic carbocycles. The number of rotatable bonds is 7. The minimum atomic E-state index is -6.02. The first-order chi connectivity index (χ1) is 16.0. The number of alkyl halides is 3. The van der Waals surface area contributed by atoms with Crippen molar-refractivity contribution in [3.8, 4) is 23.1 Å². The fraction of sp³-hybridized carbons (Fsp3) is 0.478. The quantitative estimate of drug-likeness (QED) is 0.414. The summed E-state index contributed by atoms with van der Waals surface area (Å²) in [4.78, 5) is 6.34. The van der Waals surface area contributed by atoms with E-state index in [1.54, 1.807) is 36.4 Å². The van der Waals surface area contributed by atoms with Gasteiger partial charge in [-0.3, -0.25) is 4.90 Å². The second-order valence-electron chi connectivity index (χ2n) is 8.15. The summed E-state index contributed by atoms with van der Waals surface area (Å²) in [6.07, 6.45) is 0.722. The molecule has 2 unspecified atom stereocenters. The molecule has 1 aliphatic heterocycles. The van der Waals surface area contributed by atoms with Gasteiger partial charge in [0, 0.05) is 36.3 Å². The monoisotopic (exact) mass is 497 g/mol. The van der Waals surface area contributed by atoms with E-state index in [0.29, 0.717) is 37.6 Å². The maximum atomic E-state index is 13.1. The molecule has 2 atom stereocenters. The standard InChI is InChI=1S/C23H26F3N3O4S/c1-4-21(29-9-11-32-12-10-29)16(3)20-13-18(17-7-5-15(2)6-8-17)19(14-27)22(28-20)33-34(30,31)23(24,25)26/h5-8,13,16,21H,4,9-12H2,1-3H3. The van der Waals surface area contributed by atoms with E-state index in [4.69, 9.17) is 4.74 Å². The van der Waals surface area contributed by atoms with E-state index >= 15 is 0 Å². The minimum absolute atomic E-state index is 0.0257. The molecule has 0 radical (unpaired) electrons. The van der Waals surface area contributed by atoms with Crippen molar-refractivity contribution in [1.29, 1.82) is 5.26 Å². The van der Waals surface area contributed by atoms with E-state index in [1.165, 1.54) is 0 Å². The first-order valence-corrected chi connectivity index (χ1v) is 12.2. The summed E-state index contributed by atoms with van der Waals surface area (Å²) in [7, 11) is -6.02. The fourth-order valence-corrected chi connectivity index (χ4v) is 4.51. The number of nitrogens with zero attached hydrogens (tertiary/aromatic N) is 3. The highest BCUT2D eigenvalue weighted by Crippen LogP contribution is 2.36. The van der Waals surface area contributed by atoms with Gasteiger partial charge in [-0.15, -0.1) is 0 Å². The van der Waals surface area contributed by atoms with Gasteiger partial charge in [0.15, 0.2) is 0 Å². The van der Waals surface area contributed by atoms with Crippen molar-refractivity contribution >= 4 is 10.1 Å². The Labute approximate surface area is 197 Å². The third-order valence-corrected chi connectivity index (χ3v) is 6.87. The predicted octanol–water partition coefficient (Wildman–Crippen LogP) is 4.37. The molecular formula is C23H26F3N3O4S. The summed E-state index contributed by atoms with van der Waals surface area (Å²) >= 11 is 0. The number of benzene rings is 1. The van der Waals surface area contributed by atoms with Crippen molar-refractivity contribution < 1.29 is 30.5 Å². The van der Waals surface area contributed by atoms with Crippen LogP contribution >= 0.6 is 0 Å². The van der Waals surface area contributed by atoms with Crippen LogP contribution < -0.4 is 4.18 Å². The summed E-state index contributed by atoms with van der Waals surface area (Å²) in [6.45, 7) is 8.25. The molecule has 1 aromatic carbocycles. The van der Waals surface area contributed by atoms with Gasteiger partial charge in [-0.25, -0.2) is 4.98 Å². The third kappa shape index (κ3) is 5.51. The Morgan fingerprint density at radius 3 is 2.38 bits per heavy atom. The van der Waals surface area contributed by atoms with Crippen molar-refractivity contribution in [3.63, 3.8) is 0 Å². The Morgan fingerprint density at radius 2 is 1.85 bits per heavy atom. The van der Waals surface area contributed by atoms with Crippen molar-refractivity contribution in [2.24, 2.45) is 0 Å². The first-order valence-electron chi connectivity index (χ1n) is 10.8. The lowest BCUT2D eigenvalue weighted by Gasteiger charge is -2.37. The van der Waals surface area contributed by atoms with Crippen LogP contribution in [0.3, 0.4) is 0 Å². The molecular weight excluding hydrogens is 471 g/mol. The van der Waals surface area contributed by atoms with Gasteiger partial charge in [0.2, 0.25) is 0 Å². The minimum Gasteiger partial charge on any atom is -0.379 e. The second kappa shape index (κ2) is 10.3. The van der Waals surface area contributed by atoms with E-state index in [1.807, 2.05) is 20.8 Å². The zero-order valence-corrected chi connectivity index (χ0v) is 19.9. The number of hydrogen-bond acceptors (Lipinski definition) is 7. The van der Waals surface area contributed by atoms with E-state index in [0.717, 1.165) is 12.0 Å². The Kier molecular flexibility index (Phi) is 7.85. The smallest absolute Gasteiger partial charge is 0.379 e. The maximum absolute atomic E-state index is 13.1. The number of nitriles is 1. The highest BCUT2D eigenvalue weighted by Gasteiger charge is 2.49. The van der Waals surface area contributed by atoms with Crippen LogP contribution in [0.15, 0.2) is 30.3 Å².